The molecule has 0 bridgehead atoms. The highest BCUT2D eigenvalue weighted by atomic mass is 19.2. The Morgan fingerprint density at radius 1 is 1.00 bits per heavy atom. The van der Waals surface area contributed by atoms with Gasteiger partial charge in [-0.3, -0.25) is 9.20 Å². The van der Waals surface area contributed by atoms with Crippen molar-refractivity contribution >= 4 is 17.5 Å². The first-order valence-electron chi connectivity index (χ1n) is 7.78. The van der Waals surface area contributed by atoms with Crippen LogP contribution in [0.5, 0.6) is 0 Å². The van der Waals surface area contributed by atoms with Gasteiger partial charge in [0.1, 0.15) is 0 Å². The number of amides is 1. The summed E-state index contributed by atoms with van der Waals surface area (Å²) in [6.45, 7) is 0. The zero-order valence-corrected chi connectivity index (χ0v) is 13.4. The van der Waals surface area contributed by atoms with Gasteiger partial charge in [0.2, 0.25) is 5.78 Å². The molecule has 4 rings (SSSR count). The first kappa shape index (κ1) is 15.9. The van der Waals surface area contributed by atoms with E-state index in [9.17, 15) is 13.6 Å². The van der Waals surface area contributed by atoms with Crippen molar-refractivity contribution in [1.82, 2.24) is 14.4 Å². The summed E-state index contributed by atoms with van der Waals surface area (Å²) in [5.41, 5.74) is 1.23. The van der Waals surface area contributed by atoms with Gasteiger partial charge in [0.05, 0.1) is 5.69 Å². The molecule has 2 aromatic heterocycles. The molecular weight excluding hydrogens is 338 g/mol. The van der Waals surface area contributed by atoms with Gasteiger partial charge in [-0.25, -0.2) is 13.8 Å². The lowest BCUT2D eigenvalue weighted by Gasteiger charge is -2.07. The Balaban J connectivity index is 1.84. The SMILES string of the molecule is O=C(Nc1nc2ncccn2c1-c1ccc(F)c(F)c1)c1ccccc1. The topological polar surface area (TPSA) is 59.3 Å². The zero-order chi connectivity index (χ0) is 18.1. The molecule has 0 aliphatic carbocycles. The van der Waals surface area contributed by atoms with Gasteiger partial charge in [-0.2, -0.15) is 4.98 Å². The highest BCUT2D eigenvalue weighted by Crippen LogP contribution is 2.29. The van der Waals surface area contributed by atoms with E-state index in [1.165, 1.54) is 6.07 Å². The molecule has 1 N–H and O–H groups in total. The Morgan fingerprint density at radius 3 is 2.58 bits per heavy atom. The lowest BCUT2D eigenvalue weighted by molar-refractivity contribution is 0.102. The largest absolute Gasteiger partial charge is 0.305 e. The Bertz CT molecular complexity index is 1110. The maximum atomic E-state index is 13.7. The minimum Gasteiger partial charge on any atom is -0.305 e. The number of nitrogens with one attached hydrogen (secondary N) is 1. The van der Waals surface area contributed by atoms with Gasteiger partial charge in [0.25, 0.3) is 5.91 Å². The molecule has 2 heterocycles. The van der Waals surface area contributed by atoms with Crippen LogP contribution in [0.1, 0.15) is 10.4 Å². The lowest BCUT2D eigenvalue weighted by Crippen LogP contribution is -2.12. The molecule has 0 radical (unpaired) electrons. The van der Waals surface area contributed by atoms with Crippen molar-refractivity contribution in [2.24, 2.45) is 0 Å². The Kier molecular flexibility index (Phi) is 3.89. The van der Waals surface area contributed by atoms with Crippen molar-refractivity contribution in [3.8, 4) is 11.3 Å². The zero-order valence-electron chi connectivity index (χ0n) is 13.4. The Labute approximate surface area is 147 Å². The van der Waals surface area contributed by atoms with E-state index in [4.69, 9.17) is 0 Å². The molecule has 5 nitrogen and oxygen atoms in total. The summed E-state index contributed by atoms with van der Waals surface area (Å²) in [4.78, 5) is 20.9. The molecule has 0 spiro atoms. The van der Waals surface area contributed by atoms with Crippen LogP contribution in [0.15, 0.2) is 67.0 Å². The average molecular weight is 350 g/mol. The van der Waals surface area contributed by atoms with Crippen LogP contribution < -0.4 is 5.32 Å². The Hall–Kier alpha value is -3.61. The second-order valence-corrected chi connectivity index (χ2v) is 5.55. The number of hydrogen-bond acceptors (Lipinski definition) is 3. The van der Waals surface area contributed by atoms with E-state index in [0.29, 0.717) is 22.6 Å². The first-order chi connectivity index (χ1) is 12.6. The van der Waals surface area contributed by atoms with Gasteiger partial charge >= 0.3 is 0 Å². The third kappa shape index (κ3) is 2.79. The second kappa shape index (κ2) is 6.36. The number of halogens is 2. The van der Waals surface area contributed by atoms with Crippen LogP contribution in [0.2, 0.25) is 0 Å². The number of rotatable bonds is 3. The summed E-state index contributed by atoms with van der Waals surface area (Å²) in [5, 5.41) is 2.72. The number of aromatic nitrogens is 3. The first-order valence-corrected chi connectivity index (χ1v) is 7.78. The van der Waals surface area contributed by atoms with E-state index in [0.717, 1.165) is 12.1 Å². The fraction of sp³-hybridized carbons (Fsp3) is 0. The molecule has 0 aliphatic heterocycles. The molecular formula is C19H12F2N4O. The van der Waals surface area contributed by atoms with Gasteiger partial charge in [-0.15, -0.1) is 0 Å². The summed E-state index contributed by atoms with van der Waals surface area (Å²) in [6.07, 6.45) is 3.24. The molecule has 0 unspecified atom stereocenters. The van der Waals surface area contributed by atoms with E-state index in [1.54, 1.807) is 53.2 Å². The number of hydrogen-bond donors (Lipinski definition) is 1. The molecule has 0 saturated carbocycles. The maximum Gasteiger partial charge on any atom is 0.256 e. The fourth-order valence-corrected chi connectivity index (χ4v) is 2.66. The van der Waals surface area contributed by atoms with Crippen molar-refractivity contribution in [1.29, 1.82) is 0 Å². The number of carbonyl (C=O) groups is 1. The number of anilines is 1. The third-order valence-electron chi connectivity index (χ3n) is 3.86. The molecule has 0 fully saturated rings. The van der Waals surface area contributed by atoms with Gasteiger partial charge in [0, 0.05) is 23.5 Å². The van der Waals surface area contributed by atoms with Crippen LogP contribution in [0.3, 0.4) is 0 Å². The predicted molar refractivity (Wildman–Crippen MR) is 92.7 cm³/mol. The van der Waals surface area contributed by atoms with Crippen LogP contribution >= 0.6 is 0 Å². The average Bonchev–Trinajstić information content (AvgIpc) is 3.02. The van der Waals surface area contributed by atoms with Crippen molar-refractivity contribution < 1.29 is 13.6 Å². The van der Waals surface area contributed by atoms with Crippen molar-refractivity contribution in [3.63, 3.8) is 0 Å². The highest BCUT2D eigenvalue weighted by molar-refractivity contribution is 6.05. The van der Waals surface area contributed by atoms with E-state index in [2.05, 4.69) is 15.3 Å². The van der Waals surface area contributed by atoms with Crippen molar-refractivity contribution in [2.45, 2.75) is 0 Å². The molecule has 2 aromatic carbocycles. The number of nitrogens with zero attached hydrogens (tertiary/aromatic N) is 3. The van der Waals surface area contributed by atoms with Crippen LogP contribution in [0, 0.1) is 11.6 Å². The van der Waals surface area contributed by atoms with E-state index in [-0.39, 0.29) is 11.7 Å². The molecule has 1 amide bonds. The van der Waals surface area contributed by atoms with E-state index < -0.39 is 11.6 Å². The molecule has 0 atom stereocenters. The number of imidazole rings is 1. The molecule has 0 aliphatic rings. The van der Waals surface area contributed by atoms with Crippen molar-refractivity contribution in [3.05, 3.63) is 84.2 Å². The number of fused-ring (bicyclic) bond motifs is 1. The minimum atomic E-state index is -0.985. The number of carbonyl (C=O) groups excluding carboxylic acids is 1. The van der Waals surface area contributed by atoms with E-state index in [1.807, 2.05) is 0 Å². The standard InChI is InChI=1S/C19H12F2N4O/c20-14-8-7-13(11-15(14)21)16-17(24-19-22-9-4-10-25(16)19)23-18(26)12-5-2-1-3-6-12/h1-11H,(H,23,26). The maximum absolute atomic E-state index is 13.7. The van der Waals surface area contributed by atoms with Crippen LogP contribution in [0.4, 0.5) is 14.6 Å². The van der Waals surface area contributed by atoms with Crippen LogP contribution in [0.25, 0.3) is 17.0 Å². The van der Waals surface area contributed by atoms with Gasteiger partial charge in [0.15, 0.2) is 17.5 Å². The fourth-order valence-electron chi connectivity index (χ4n) is 2.66. The predicted octanol–water partition coefficient (Wildman–Crippen LogP) is 3.93. The molecule has 0 saturated heterocycles. The molecule has 7 heteroatoms. The van der Waals surface area contributed by atoms with E-state index >= 15 is 0 Å². The monoisotopic (exact) mass is 350 g/mol. The summed E-state index contributed by atoms with van der Waals surface area (Å²) >= 11 is 0. The van der Waals surface area contributed by atoms with Crippen LogP contribution in [-0.4, -0.2) is 20.3 Å². The molecule has 26 heavy (non-hydrogen) atoms. The number of benzene rings is 2. The normalized spacial score (nSPS) is 10.8. The summed E-state index contributed by atoms with van der Waals surface area (Å²) < 4.78 is 28.6. The highest BCUT2D eigenvalue weighted by Gasteiger charge is 2.18. The van der Waals surface area contributed by atoms with Crippen molar-refractivity contribution in [2.75, 3.05) is 5.32 Å². The van der Waals surface area contributed by atoms with Gasteiger partial charge < -0.3 is 5.32 Å². The smallest absolute Gasteiger partial charge is 0.256 e. The summed E-state index contributed by atoms with van der Waals surface area (Å²) in [6, 6.07) is 13.8. The third-order valence-corrected chi connectivity index (χ3v) is 3.86. The Morgan fingerprint density at radius 2 is 1.81 bits per heavy atom. The summed E-state index contributed by atoms with van der Waals surface area (Å²) in [7, 11) is 0. The second-order valence-electron chi connectivity index (χ2n) is 5.55. The van der Waals surface area contributed by atoms with Crippen LogP contribution in [-0.2, 0) is 0 Å². The quantitative estimate of drug-likeness (QED) is 0.609. The molecule has 128 valence electrons. The summed E-state index contributed by atoms with van der Waals surface area (Å²) in [5.74, 6) is -1.76. The minimum absolute atomic E-state index is 0.212. The molecule has 4 aromatic rings. The lowest BCUT2D eigenvalue weighted by atomic mass is 10.1. The van der Waals surface area contributed by atoms with Gasteiger partial charge in [-0.05, 0) is 36.4 Å². The van der Waals surface area contributed by atoms with Gasteiger partial charge in [-0.1, -0.05) is 18.2 Å².